The minimum atomic E-state index is -3.63. The Balaban J connectivity index is 2.78. The van der Waals surface area contributed by atoms with E-state index in [4.69, 9.17) is 5.73 Å². The number of hydrogen-bond acceptors (Lipinski definition) is 3. The van der Waals surface area contributed by atoms with E-state index in [0.717, 1.165) is 6.07 Å². The van der Waals surface area contributed by atoms with E-state index in [0.29, 0.717) is 6.54 Å². The van der Waals surface area contributed by atoms with Gasteiger partial charge in [0, 0.05) is 6.54 Å². The predicted octanol–water partition coefficient (Wildman–Crippen LogP) is 0.699. The van der Waals surface area contributed by atoms with Gasteiger partial charge in [-0.2, -0.15) is 0 Å². The van der Waals surface area contributed by atoms with Crippen LogP contribution in [0.4, 0.5) is 4.39 Å². The quantitative estimate of drug-likeness (QED) is 0.803. The molecular weight excluding hydrogens is 231 g/mol. The fourth-order valence-electron chi connectivity index (χ4n) is 1.05. The molecule has 1 unspecified atom stereocenters. The molecule has 0 aliphatic carbocycles. The van der Waals surface area contributed by atoms with Gasteiger partial charge in [0.15, 0.2) is 0 Å². The largest absolute Gasteiger partial charge is 0.330 e. The first kappa shape index (κ1) is 13.1. The molecule has 1 rings (SSSR count). The monoisotopic (exact) mass is 246 g/mol. The van der Waals surface area contributed by atoms with Crippen LogP contribution in [0.5, 0.6) is 0 Å². The highest BCUT2D eigenvalue weighted by Crippen LogP contribution is 2.10. The smallest absolute Gasteiger partial charge is 0.240 e. The van der Waals surface area contributed by atoms with Crippen LogP contribution >= 0.6 is 0 Å². The van der Waals surface area contributed by atoms with Gasteiger partial charge in [-0.3, -0.25) is 0 Å². The van der Waals surface area contributed by atoms with Crippen molar-refractivity contribution < 1.29 is 12.8 Å². The summed E-state index contributed by atoms with van der Waals surface area (Å²) in [7, 11) is -3.63. The van der Waals surface area contributed by atoms with E-state index in [-0.39, 0.29) is 17.4 Å². The highest BCUT2D eigenvalue weighted by molar-refractivity contribution is 7.89. The summed E-state index contributed by atoms with van der Waals surface area (Å²) in [6.07, 6.45) is 0. The molecule has 0 saturated heterocycles. The average molecular weight is 246 g/mol. The van der Waals surface area contributed by atoms with Crippen molar-refractivity contribution in [1.29, 1.82) is 0 Å². The Kier molecular flexibility index (Phi) is 4.40. The molecular formula is C10H15FN2O2S. The van der Waals surface area contributed by atoms with E-state index in [9.17, 15) is 12.8 Å². The van der Waals surface area contributed by atoms with E-state index in [2.05, 4.69) is 4.72 Å². The van der Waals surface area contributed by atoms with Gasteiger partial charge in [-0.1, -0.05) is 13.0 Å². The van der Waals surface area contributed by atoms with Gasteiger partial charge in [-0.15, -0.1) is 0 Å². The second kappa shape index (κ2) is 5.38. The topological polar surface area (TPSA) is 72.2 Å². The summed E-state index contributed by atoms with van der Waals surface area (Å²) in [5, 5.41) is 0. The lowest BCUT2D eigenvalue weighted by molar-refractivity contribution is 0.543. The van der Waals surface area contributed by atoms with E-state index in [1.54, 1.807) is 0 Å². The molecule has 0 radical (unpaired) electrons. The van der Waals surface area contributed by atoms with Crippen LogP contribution in [0.3, 0.4) is 0 Å². The van der Waals surface area contributed by atoms with Crippen molar-refractivity contribution in [1.82, 2.24) is 4.72 Å². The van der Waals surface area contributed by atoms with Crippen LogP contribution in [0.1, 0.15) is 6.92 Å². The Morgan fingerprint density at radius 3 is 2.75 bits per heavy atom. The summed E-state index contributed by atoms with van der Waals surface area (Å²) in [5.74, 6) is -0.530. The van der Waals surface area contributed by atoms with Crippen molar-refractivity contribution in [3.05, 3.63) is 30.1 Å². The van der Waals surface area contributed by atoms with E-state index >= 15 is 0 Å². The van der Waals surface area contributed by atoms with Gasteiger partial charge >= 0.3 is 0 Å². The van der Waals surface area contributed by atoms with Crippen molar-refractivity contribution in [2.45, 2.75) is 11.8 Å². The third kappa shape index (κ3) is 3.55. The molecule has 0 heterocycles. The molecule has 90 valence electrons. The second-order valence-electron chi connectivity index (χ2n) is 3.65. The summed E-state index contributed by atoms with van der Waals surface area (Å²) in [5.41, 5.74) is 5.37. The van der Waals surface area contributed by atoms with Crippen molar-refractivity contribution in [3.8, 4) is 0 Å². The number of hydrogen-bond donors (Lipinski definition) is 2. The van der Waals surface area contributed by atoms with Gasteiger partial charge in [-0.25, -0.2) is 17.5 Å². The molecule has 1 aromatic carbocycles. The van der Waals surface area contributed by atoms with E-state index in [1.807, 2.05) is 6.92 Å². The van der Waals surface area contributed by atoms with Crippen LogP contribution in [-0.4, -0.2) is 21.5 Å². The summed E-state index contributed by atoms with van der Waals surface area (Å²) in [6.45, 7) is 2.47. The normalized spacial score (nSPS) is 13.7. The van der Waals surface area contributed by atoms with Crippen LogP contribution in [0.2, 0.25) is 0 Å². The minimum Gasteiger partial charge on any atom is -0.330 e. The van der Waals surface area contributed by atoms with Crippen LogP contribution in [-0.2, 0) is 10.0 Å². The molecule has 0 spiro atoms. The van der Waals surface area contributed by atoms with E-state index < -0.39 is 15.8 Å². The summed E-state index contributed by atoms with van der Waals surface area (Å²) >= 11 is 0. The molecule has 3 N–H and O–H groups in total. The van der Waals surface area contributed by atoms with Crippen LogP contribution in [0.15, 0.2) is 29.2 Å². The highest BCUT2D eigenvalue weighted by Gasteiger charge is 2.14. The molecule has 1 atom stereocenters. The molecule has 0 amide bonds. The molecule has 6 heteroatoms. The maximum Gasteiger partial charge on any atom is 0.240 e. The number of rotatable bonds is 5. The van der Waals surface area contributed by atoms with Gasteiger partial charge in [0.25, 0.3) is 0 Å². The van der Waals surface area contributed by atoms with Crippen molar-refractivity contribution in [2.24, 2.45) is 11.7 Å². The standard InChI is InChI=1S/C10H15FN2O2S/c1-8(6-12)7-13-16(14,15)10-4-2-3-9(11)5-10/h2-5,8,13H,6-7,12H2,1H3. The maximum atomic E-state index is 12.9. The fourth-order valence-corrected chi connectivity index (χ4v) is 2.25. The van der Waals surface area contributed by atoms with Gasteiger partial charge in [0.1, 0.15) is 5.82 Å². The fraction of sp³-hybridized carbons (Fsp3) is 0.400. The van der Waals surface area contributed by atoms with Crippen LogP contribution in [0.25, 0.3) is 0 Å². The Labute approximate surface area is 94.7 Å². The SMILES string of the molecule is CC(CN)CNS(=O)(=O)c1cccc(F)c1. The van der Waals surface area contributed by atoms with Gasteiger partial charge in [-0.05, 0) is 30.7 Å². The first-order chi connectivity index (χ1) is 7.45. The molecule has 16 heavy (non-hydrogen) atoms. The lowest BCUT2D eigenvalue weighted by Crippen LogP contribution is -2.31. The minimum absolute atomic E-state index is 0.0448. The van der Waals surface area contributed by atoms with Crippen LogP contribution in [0, 0.1) is 11.7 Å². The Bertz CT molecular complexity index is 448. The van der Waals surface area contributed by atoms with Gasteiger partial charge in [0.2, 0.25) is 10.0 Å². The van der Waals surface area contributed by atoms with Crippen molar-refractivity contribution >= 4 is 10.0 Å². The third-order valence-electron chi connectivity index (χ3n) is 2.13. The molecule has 0 aliphatic rings. The zero-order valence-corrected chi connectivity index (χ0v) is 9.80. The first-order valence-corrected chi connectivity index (χ1v) is 6.39. The Morgan fingerprint density at radius 2 is 2.19 bits per heavy atom. The second-order valence-corrected chi connectivity index (χ2v) is 5.42. The van der Waals surface area contributed by atoms with Crippen molar-refractivity contribution in [3.63, 3.8) is 0 Å². The molecule has 0 bridgehead atoms. The van der Waals surface area contributed by atoms with Gasteiger partial charge in [0.05, 0.1) is 4.90 Å². The molecule has 0 aromatic heterocycles. The molecule has 1 aromatic rings. The molecule has 0 fully saturated rings. The van der Waals surface area contributed by atoms with Crippen LogP contribution < -0.4 is 10.5 Å². The average Bonchev–Trinajstić information content (AvgIpc) is 2.26. The molecule has 0 saturated carbocycles. The zero-order valence-electron chi connectivity index (χ0n) is 8.98. The first-order valence-electron chi connectivity index (χ1n) is 4.91. The third-order valence-corrected chi connectivity index (χ3v) is 3.55. The zero-order chi connectivity index (χ0) is 12.2. The number of nitrogens with two attached hydrogens (primary N) is 1. The summed E-state index contributed by atoms with van der Waals surface area (Å²) < 4.78 is 38.6. The molecule has 4 nitrogen and oxygen atoms in total. The Hall–Kier alpha value is -0.980. The lowest BCUT2D eigenvalue weighted by Gasteiger charge is -2.10. The highest BCUT2D eigenvalue weighted by atomic mass is 32.2. The Morgan fingerprint density at radius 1 is 1.50 bits per heavy atom. The lowest BCUT2D eigenvalue weighted by atomic mass is 10.2. The maximum absolute atomic E-state index is 12.9. The summed E-state index contributed by atoms with van der Waals surface area (Å²) in [4.78, 5) is -0.0725. The van der Waals surface area contributed by atoms with E-state index in [1.165, 1.54) is 18.2 Å². The summed E-state index contributed by atoms with van der Waals surface area (Å²) in [6, 6.07) is 4.88. The van der Waals surface area contributed by atoms with Crippen molar-refractivity contribution in [2.75, 3.05) is 13.1 Å². The predicted molar refractivity (Wildman–Crippen MR) is 59.8 cm³/mol. The number of halogens is 1. The number of benzene rings is 1. The number of sulfonamides is 1. The van der Waals surface area contributed by atoms with Gasteiger partial charge < -0.3 is 5.73 Å². The number of nitrogens with one attached hydrogen (secondary N) is 1. The molecule has 0 aliphatic heterocycles.